The zero-order chi connectivity index (χ0) is 22.0. The molecule has 0 fully saturated rings. The lowest BCUT2D eigenvalue weighted by molar-refractivity contribution is -0.125. The van der Waals surface area contributed by atoms with E-state index in [1.807, 2.05) is 30.5 Å². The lowest BCUT2D eigenvalue weighted by atomic mass is 10.0. The lowest BCUT2D eigenvalue weighted by Gasteiger charge is -2.27. The molecule has 1 aliphatic heterocycles. The standard InChI is InChI=1S/C20H15ClN4O2.C4H10/c21-12-5-6-16-14(8-12)20(27)25-17(19(26)23-10-18(25)24-16)7-11-9-22-15-4-2-1-3-13(11)15;1-3-4-2/h1-6,8-9,17,22H,7,10H2,(H,23,26);3-4H2,1-2H3. The van der Waals surface area contributed by atoms with Crippen LogP contribution >= 0.6 is 11.6 Å². The molecule has 7 heteroatoms. The van der Waals surface area contributed by atoms with Crippen molar-refractivity contribution in [2.24, 2.45) is 0 Å². The third kappa shape index (κ3) is 4.08. The normalized spacial score (nSPS) is 15.3. The number of hydrogen-bond donors (Lipinski definition) is 2. The maximum absolute atomic E-state index is 13.1. The summed E-state index contributed by atoms with van der Waals surface area (Å²) in [7, 11) is 0. The molecule has 2 aromatic heterocycles. The first-order chi connectivity index (χ1) is 15.0. The number of aromatic nitrogens is 3. The summed E-state index contributed by atoms with van der Waals surface area (Å²) in [5.41, 5.74) is 2.33. The van der Waals surface area contributed by atoms with Gasteiger partial charge in [-0.1, -0.05) is 56.5 Å². The summed E-state index contributed by atoms with van der Waals surface area (Å²) >= 11 is 6.06. The summed E-state index contributed by atoms with van der Waals surface area (Å²) in [4.78, 5) is 33.6. The van der Waals surface area contributed by atoms with Gasteiger partial charge in [0, 0.05) is 28.5 Å². The van der Waals surface area contributed by atoms with Gasteiger partial charge in [-0.05, 0) is 29.8 Å². The topological polar surface area (TPSA) is 79.8 Å². The molecule has 6 nitrogen and oxygen atoms in total. The molecule has 1 aliphatic rings. The van der Waals surface area contributed by atoms with Crippen molar-refractivity contribution in [2.45, 2.75) is 45.7 Å². The van der Waals surface area contributed by atoms with Crippen LogP contribution in [-0.4, -0.2) is 20.4 Å². The molecule has 1 amide bonds. The van der Waals surface area contributed by atoms with Crippen molar-refractivity contribution in [1.29, 1.82) is 0 Å². The largest absolute Gasteiger partial charge is 0.361 e. The van der Waals surface area contributed by atoms with E-state index in [9.17, 15) is 9.59 Å². The number of carbonyl (C=O) groups is 1. The molecule has 0 spiro atoms. The van der Waals surface area contributed by atoms with E-state index >= 15 is 0 Å². The molecular formula is C24H25ClN4O2. The number of aromatic amines is 1. The number of nitrogens with one attached hydrogen (secondary N) is 2. The zero-order valence-corrected chi connectivity index (χ0v) is 18.4. The second-order valence-electron chi connectivity index (χ2n) is 7.66. The van der Waals surface area contributed by atoms with Crippen LogP contribution in [0.3, 0.4) is 0 Å². The minimum atomic E-state index is -0.656. The highest BCUT2D eigenvalue weighted by molar-refractivity contribution is 6.31. The van der Waals surface area contributed by atoms with E-state index in [1.54, 1.807) is 18.2 Å². The molecule has 160 valence electrons. The van der Waals surface area contributed by atoms with Crippen molar-refractivity contribution >= 4 is 39.3 Å². The quantitative estimate of drug-likeness (QED) is 0.486. The zero-order valence-electron chi connectivity index (χ0n) is 17.6. The van der Waals surface area contributed by atoms with Gasteiger partial charge in [0.1, 0.15) is 11.9 Å². The van der Waals surface area contributed by atoms with Crippen molar-refractivity contribution in [3.05, 3.63) is 75.4 Å². The first-order valence-electron chi connectivity index (χ1n) is 10.6. The number of rotatable bonds is 3. The van der Waals surface area contributed by atoms with Crippen molar-refractivity contribution in [3.63, 3.8) is 0 Å². The number of fused-ring (bicyclic) bond motifs is 3. The molecule has 5 rings (SSSR count). The first-order valence-corrected chi connectivity index (χ1v) is 10.9. The monoisotopic (exact) mass is 436 g/mol. The Balaban J connectivity index is 0.000000535. The molecule has 31 heavy (non-hydrogen) atoms. The highest BCUT2D eigenvalue weighted by Gasteiger charge is 2.30. The molecule has 2 aromatic carbocycles. The molecule has 2 N–H and O–H groups in total. The Hall–Kier alpha value is -3.12. The van der Waals surface area contributed by atoms with Crippen LogP contribution < -0.4 is 10.9 Å². The Kier molecular flexibility index (Phi) is 6.09. The number of halogens is 1. The molecule has 0 saturated heterocycles. The van der Waals surface area contributed by atoms with Crippen molar-refractivity contribution in [3.8, 4) is 0 Å². The van der Waals surface area contributed by atoms with Crippen LogP contribution in [0.25, 0.3) is 21.8 Å². The van der Waals surface area contributed by atoms with Crippen molar-refractivity contribution < 1.29 is 4.79 Å². The average molecular weight is 437 g/mol. The van der Waals surface area contributed by atoms with Gasteiger partial charge >= 0.3 is 0 Å². The minimum absolute atomic E-state index is 0.182. The smallest absolute Gasteiger partial charge is 0.262 e. The van der Waals surface area contributed by atoms with Gasteiger partial charge in [0.05, 0.1) is 17.4 Å². The number of H-pyrrole nitrogens is 1. The fourth-order valence-corrected chi connectivity index (χ4v) is 3.93. The minimum Gasteiger partial charge on any atom is -0.361 e. The molecule has 0 radical (unpaired) electrons. The van der Waals surface area contributed by atoms with Crippen LogP contribution in [0.5, 0.6) is 0 Å². The first kappa shape index (κ1) is 21.1. The number of unbranched alkanes of at least 4 members (excludes halogenated alkanes) is 1. The number of nitrogens with zero attached hydrogens (tertiary/aromatic N) is 2. The highest BCUT2D eigenvalue weighted by Crippen LogP contribution is 2.25. The van der Waals surface area contributed by atoms with Crippen LogP contribution in [0.1, 0.15) is 44.1 Å². The van der Waals surface area contributed by atoms with E-state index in [0.717, 1.165) is 16.5 Å². The van der Waals surface area contributed by atoms with Crippen LogP contribution in [0.4, 0.5) is 0 Å². The molecule has 0 aliphatic carbocycles. The van der Waals surface area contributed by atoms with Gasteiger partial charge in [-0.15, -0.1) is 0 Å². The molecule has 1 atom stereocenters. The Morgan fingerprint density at radius 2 is 1.87 bits per heavy atom. The Morgan fingerprint density at radius 1 is 1.10 bits per heavy atom. The fourth-order valence-electron chi connectivity index (χ4n) is 3.76. The second kappa shape index (κ2) is 8.94. The predicted molar refractivity (Wildman–Crippen MR) is 124 cm³/mol. The van der Waals surface area contributed by atoms with Crippen molar-refractivity contribution in [2.75, 3.05) is 0 Å². The summed E-state index contributed by atoms with van der Waals surface area (Å²) < 4.78 is 1.51. The predicted octanol–water partition coefficient (Wildman–Crippen LogP) is 4.75. The molecule has 1 unspecified atom stereocenters. The SMILES string of the molecule is CCCC.O=C1NCc2nc3ccc(Cl)cc3c(=O)n2C1Cc1c[nH]c2ccccc12. The number of carbonyl (C=O) groups excluding carboxylic acids is 1. The number of hydrogen-bond acceptors (Lipinski definition) is 3. The van der Waals surface area contributed by atoms with E-state index in [0.29, 0.717) is 28.2 Å². The second-order valence-corrected chi connectivity index (χ2v) is 8.10. The molecule has 0 bridgehead atoms. The third-order valence-electron chi connectivity index (χ3n) is 5.56. The summed E-state index contributed by atoms with van der Waals surface area (Å²) in [5.74, 6) is 0.373. The van der Waals surface area contributed by atoms with E-state index in [4.69, 9.17) is 11.6 Å². The fraction of sp³-hybridized carbons (Fsp3) is 0.292. The van der Waals surface area contributed by atoms with Gasteiger partial charge in [-0.2, -0.15) is 0 Å². The van der Waals surface area contributed by atoms with Crippen LogP contribution in [-0.2, 0) is 17.8 Å². The summed E-state index contributed by atoms with van der Waals surface area (Å²) in [6.07, 6.45) is 4.93. The lowest BCUT2D eigenvalue weighted by Crippen LogP contribution is -2.45. The van der Waals surface area contributed by atoms with Crippen molar-refractivity contribution in [1.82, 2.24) is 19.9 Å². The summed E-state index contributed by atoms with van der Waals surface area (Å²) in [5, 5.41) is 4.79. The third-order valence-corrected chi connectivity index (χ3v) is 5.79. The molecule has 0 saturated carbocycles. The van der Waals surface area contributed by atoms with Gasteiger partial charge in [-0.3, -0.25) is 14.2 Å². The van der Waals surface area contributed by atoms with E-state index < -0.39 is 6.04 Å². The Labute approximate surface area is 185 Å². The maximum atomic E-state index is 13.1. The van der Waals surface area contributed by atoms with Gasteiger partial charge in [-0.25, -0.2) is 4.98 Å². The van der Waals surface area contributed by atoms with Gasteiger partial charge in [0.2, 0.25) is 5.91 Å². The van der Waals surface area contributed by atoms with E-state index in [2.05, 4.69) is 29.1 Å². The summed E-state index contributed by atoms with van der Waals surface area (Å²) in [6, 6.07) is 12.3. The van der Waals surface area contributed by atoms with E-state index in [-0.39, 0.29) is 18.0 Å². The number of para-hydroxylation sites is 1. The molecule has 4 aromatic rings. The Bertz CT molecular complexity index is 1310. The van der Waals surface area contributed by atoms with Crippen LogP contribution in [0, 0.1) is 0 Å². The Morgan fingerprint density at radius 3 is 2.65 bits per heavy atom. The van der Waals surface area contributed by atoms with Crippen LogP contribution in [0.15, 0.2) is 53.5 Å². The van der Waals surface area contributed by atoms with Gasteiger partial charge in [0.25, 0.3) is 5.56 Å². The average Bonchev–Trinajstić information content (AvgIpc) is 3.19. The number of amides is 1. The van der Waals surface area contributed by atoms with Crippen LogP contribution in [0.2, 0.25) is 5.02 Å². The highest BCUT2D eigenvalue weighted by atomic mass is 35.5. The van der Waals surface area contributed by atoms with Gasteiger partial charge < -0.3 is 10.3 Å². The van der Waals surface area contributed by atoms with Gasteiger partial charge in [0.15, 0.2) is 0 Å². The van der Waals surface area contributed by atoms with E-state index in [1.165, 1.54) is 17.4 Å². The maximum Gasteiger partial charge on any atom is 0.262 e. The molecular weight excluding hydrogens is 412 g/mol. The number of benzene rings is 2. The molecule has 3 heterocycles. The summed E-state index contributed by atoms with van der Waals surface area (Å²) in [6.45, 7) is 4.59.